The summed E-state index contributed by atoms with van der Waals surface area (Å²) < 4.78 is 5.28. The van der Waals surface area contributed by atoms with Gasteiger partial charge in [0.2, 0.25) is 0 Å². The molecular weight excluding hydrogens is 476 g/mol. The molecule has 0 spiro atoms. The van der Waals surface area contributed by atoms with Crippen molar-refractivity contribution < 1.29 is 14.6 Å². The number of hydrogen-bond donors (Lipinski definition) is 4. The molecule has 1 saturated heterocycles. The molecule has 0 bridgehead atoms. The van der Waals surface area contributed by atoms with Crippen LogP contribution in [0.5, 0.6) is 5.75 Å². The van der Waals surface area contributed by atoms with E-state index in [9.17, 15) is 19.5 Å². The lowest BCUT2D eigenvalue weighted by atomic mass is 9.78. The first-order valence-corrected chi connectivity index (χ1v) is 12.5. The number of anilines is 3. The molecule has 11 heteroatoms. The number of rotatable bonds is 8. The minimum Gasteiger partial charge on any atom is -0.504 e. The fourth-order valence-corrected chi connectivity index (χ4v) is 5.15. The van der Waals surface area contributed by atoms with Crippen LogP contribution >= 0.6 is 0 Å². The maximum atomic E-state index is 12.9. The molecule has 2 aliphatic rings. The van der Waals surface area contributed by atoms with E-state index in [0.29, 0.717) is 32.0 Å². The Balaban J connectivity index is 1.64. The van der Waals surface area contributed by atoms with Crippen LogP contribution < -0.4 is 27.2 Å². The zero-order chi connectivity index (χ0) is 26.7. The number of carbonyl (C=O) groups excluding carboxylic acids is 1. The van der Waals surface area contributed by atoms with Gasteiger partial charge >= 0.3 is 0 Å². The SMILES string of the molecule is CN=CC(C)=C(N)C(Nc1c(Nc2ccnc(C(=O)N3CCOCC3)c2O)c(=O)c1=O)C1(C)CCCC1. The fraction of sp³-hybridized carbons (Fsp3) is 0.500. The fourth-order valence-electron chi connectivity index (χ4n) is 5.15. The number of amides is 1. The van der Waals surface area contributed by atoms with Crippen molar-refractivity contribution in [2.75, 3.05) is 44.0 Å². The molecule has 2 heterocycles. The quantitative estimate of drug-likeness (QED) is 0.307. The van der Waals surface area contributed by atoms with Crippen LogP contribution in [0.3, 0.4) is 0 Å². The molecule has 1 aliphatic heterocycles. The van der Waals surface area contributed by atoms with Gasteiger partial charge in [-0.15, -0.1) is 0 Å². The third kappa shape index (κ3) is 5.08. The van der Waals surface area contributed by atoms with Gasteiger partial charge in [0.1, 0.15) is 11.4 Å². The predicted octanol–water partition coefficient (Wildman–Crippen LogP) is 1.89. The summed E-state index contributed by atoms with van der Waals surface area (Å²) in [5, 5.41) is 16.9. The Kier molecular flexibility index (Phi) is 7.63. The number of aliphatic imine (C=N–C) groups is 1. The third-order valence-electron chi connectivity index (χ3n) is 7.42. The zero-order valence-electron chi connectivity index (χ0n) is 21.5. The average molecular weight is 511 g/mol. The lowest BCUT2D eigenvalue weighted by Gasteiger charge is -2.37. The molecule has 1 unspecified atom stereocenters. The second-order valence-corrected chi connectivity index (χ2v) is 9.96. The second kappa shape index (κ2) is 10.7. The van der Waals surface area contributed by atoms with Gasteiger partial charge in [-0.3, -0.25) is 19.4 Å². The van der Waals surface area contributed by atoms with Crippen LogP contribution in [0, 0.1) is 5.41 Å². The predicted molar refractivity (Wildman–Crippen MR) is 143 cm³/mol. The standard InChI is InChI=1S/C26H34N6O5/c1-15(14-28-3)17(27)24(26(2)7-4-5-8-26)31-19-18(22(34)23(19)35)30-16-6-9-29-20(21(16)33)25(36)32-10-12-37-13-11-32/h6,9,14,24,31,33H,4-5,7-8,10-13,27H2,1-3H3,(H,29,30). The van der Waals surface area contributed by atoms with Gasteiger partial charge in [0.25, 0.3) is 16.8 Å². The number of morpholine rings is 1. The summed E-state index contributed by atoms with van der Waals surface area (Å²) in [5.74, 6) is -0.834. The highest BCUT2D eigenvalue weighted by Crippen LogP contribution is 2.44. The first-order valence-electron chi connectivity index (χ1n) is 12.5. The minimum atomic E-state index is -0.718. The molecular formula is C26H34N6O5. The number of ether oxygens (including phenoxy) is 1. The highest BCUT2D eigenvalue weighted by atomic mass is 16.5. The summed E-state index contributed by atoms with van der Waals surface area (Å²) in [6.07, 6.45) is 6.96. The van der Waals surface area contributed by atoms with Crippen molar-refractivity contribution in [1.29, 1.82) is 0 Å². The smallest absolute Gasteiger partial charge is 0.276 e. The molecule has 0 radical (unpaired) electrons. The molecule has 1 aromatic heterocycles. The van der Waals surface area contributed by atoms with Crippen LogP contribution in [0.15, 0.2) is 38.1 Å². The summed E-state index contributed by atoms with van der Waals surface area (Å²) in [5.41, 5.74) is 6.35. The summed E-state index contributed by atoms with van der Waals surface area (Å²) in [4.78, 5) is 47.8. The molecule has 11 nitrogen and oxygen atoms in total. The average Bonchev–Trinajstić information content (AvgIpc) is 3.35. The van der Waals surface area contributed by atoms with Gasteiger partial charge < -0.3 is 31.1 Å². The van der Waals surface area contributed by atoms with Gasteiger partial charge in [0.15, 0.2) is 11.4 Å². The molecule has 5 N–H and O–H groups in total. The van der Waals surface area contributed by atoms with Crippen LogP contribution in [0.25, 0.3) is 0 Å². The second-order valence-electron chi connectivity index (χ2n) is 9.96. The van der Waals surface area contributed by atoms with Gasteiger partial charge in [-0.25, -0.2) is 4.98 Å². The normalized spacial score (nSPS) is 19.2. The lowest BCUT2D eigenvalue weighted by molar-refractivity contribution is 0.0297. The van der Waals surface area contributed by atoms with Crippen molar-refractivity contribution in [3.05, 3.63) is 49.7 Å². The number of allylic oxidation sites excluding steroid dienone is 1. The van der Waals surface area contributed by atoms with E-state index in [0.717, 1.165) is 31.3 Å². The molecule has 1 atom stereocenters. The first-order chi connectivity index (χ1) is 17.7. The van der Waals surface area contributed by atoms with Crippen LogP contribution in [0.4, 0.5) is 17.1 Å². The van der Waals surface area contributed by atoms with Crippen molar-refractivity contribution in [3.8, 4) is 5.75 Å². The first kappa shape index (κ1) is 26.3. The zero-order valence-corrected chi connectivity index (χ0v) is 21.5. The van der Waals surface area contributed by atoms with E-state index >= 15 is 0 Å². The Bertz CT molecular complexity index is 1300. The number of nitrogens with zero attached hydrogens (tertiary/aromatic N) is 3. The van der Waals surface area contributed by atoms with Crippen LogP contribution in [0.2, 0.25) is 0 Å². The van der Waals surface area contributed by atoms with E-state index in [2.05, 4.69) is 27.5 Å². The van der Waals surface area contributed by atoms with Crippen LogP contribution in [0.1, 0.15) is 50.0 Å². The van der Waals surface area contributed by atoms with E-state index < -0.39 is 28.6 Å². The molecule has 1 amide bonds. The number of hydrogen-bond acceptors (Lipinski definition) is 10. The summed E-state index contributed by atoms with van der Waals surface area (Å²) in [7, 11) is 1.66. The highest BCUT2D eigenvalue weighted by molar-refractivity contribution is 5.97. The number of nitrogens with two attached hydrogens (primary N) is 1. The van der Waals surface area contributed by atoms with Gasteiger partial charge in [-0.1, -0.05) is 19.8 Å². The van der Waals surface area contributed by atoms with E-state index in [4.69, 9.17) is 10.5 Å². The van der Waals surface area contributed by atoms with Gasteiger partial charge in [-0.2, -0.15) is 0 Å². The van der Waals surface area contributed by atoms with Gasteiger partial charge in [0, 0.05) is 38.2 Å². The van der Waals surface area contributed by atoms with Crippen molar-refractivity contribution in [1.82, 2.24) is 9.88 Å². The summed E-state index contributed by atoms with van der Waals surface area (Å²) >= 11 is 0. The number of carbonyl (C=O) groups is 1. The molecule has 4 rings (SSSR count). The number of aromatic hydroxyl groups is 1. The van der Waals surface area contributed by atoms with Crippen LogP contribution in [-0.2, 0) is 4.74 Å². The monoisotopic (exact) mass is 510 g/mol. The van der Waals surface area contributed by atoms with Gasteiger partial charge in [-0.05, 0) is 36.8 Å². The van der Waals surface area contributed by atoms with E-state index in [1.165, 1.54) is 12.3 Å². The molecule has 1 aromatic carbocycles. The topological polar surface area (TPSA) is 159 Å². The highest BCUT2D eigenvalue weighted by Gasteiger charge is 2.40. The van der Waals surface area contributed by atoms with E-state index in [1.807, 2.05) is 6.92 Å². The Hall–Kier alpha value is -3.73. The Labute approximate surface area is 215 Å². The Morgan fingerprint density at radius 1 is 1.24 bits per heavy atom. The van der Waals surface area contributed by atoms with Crippen molar-refractivity contribution in [3.63, 3.8) is 0 Å². The van der Waals surface area contributed by atoms with Gasteiger partial charge in [0.05, 0.1) is 24.9 Å². The van der Waals surface area contributed by atoms with Crippen molar-refractivity contribution >= 4 is 29.2 Å². The molecule has 37 heavy (non-hydrogen) atoms. The largest absolute Gasteiger partial charge is 0.504 e. The summed E-state index contributed by atoms with van der Waals surface area (Å²) in [6, 6.07) is 1.04. The van der Waals surface area contributed by atoms with Crippen LogP contribution in [-0.4, -0.2) is 66.5 Å². The molecule has 1 aliphatic carbocycles. The van der Waals surface area contributed by atoms with Crippen molar-refractivity contribution in [2.24, 2.45) is 16.1 Å². The summed E-state index contributed by atoms with van der Waals surface area (Å²) in [6.45, 7) is 5.58. The van der Waals surface area contributed by atoms with E-state index in [1.54, 1.807) is 18.2 Å². The molecule has 198 valence electrons. The number of aromatic nitrogens is 1. The Morgan fingerprint density at radius 2 is 1.89 bits per heavy atom. The lowest BCUT2D eigenvalue weighted by Crippen LogP contribution is -2.46. The molecule has 1 saturated carbocycles. The minimum absolute atomic E-state index is 0.0116. The number of pyridine rings is 1. The maximum Gasteiger partial charge on any atom is 0.276 e. The van der Waals surface area contributed by atoms with Crippen molar-refractivity contribution in [2.45, 2.75) is 45.6 Å². The Morgan fingerprint density at radius 3 is 2.54 bits per heavy atom. The third-order valence-corrected chi connectivity index (χ3v) is 7.42. The number of nitrogens with one attached hydrogen (secondary N) is 2. The molecule has 2 fully saturated rings. The molecule has 2 aromatic rings. The maximum absolute atomic E-state index is 12.9. The van der Waals surface area contributed by atoms with E-state index in [-0.39, 0.29) is 28.2 Å².